The Bertz CT molecular complexity index is 604. The number of nitrogens with two attached hydrogens (primary N) is 1. The molecule has 0 aliphatic carbocycles. The van der Waals surface area contributed by atoms with Gasteiger partial charge in [-0.3, -0.25) is 4.79 Å². The van der Waals surface area contributed by atoms with E-state index < -0.39 is 0 Å². The van der Waals surface area contributed by atoms with E-state index in [0.717, 1.165) is 4.90 Å². The molecule has 1 aromatic heterocycles. The molecule has 1 aromatic carbocycles. The average Bonchev–Trinajstić information content (AvgIpc) is 2.40. The summed E-state index contributed by atoms with van der Waals surface area (Å²) in [6, 6.07) is 7.43. The number of hydrogen-bond donors (Lipinski definition) is 1. The summed E-state index contributed by atoms with van der Waals surface area (Å²) < 4.78 is 12.7. The van der Waals surface area contributed by atoms with Crippen molar-refractivity contribution in [3.05, 3.63) is 52.9 Å². The van der Waals surface area contributed by atoms with Gasteiger partial charge in [0, 0.05) is 11.1 Å². The molecule has 2 aromatic rings. The standard InChI is InChI=1S/C13H10ClFN2OS/c14-8-5-11(13(16)17-6-8)12(18)7-19-10-3-1-9(15)2-4-10/h1-6H,7H2,(H2,16,17). The molecule has 2 rings (SSSR count). The molecule has 0 aliphatic heterocycles. The van der Waals surface area contributed by atoms with Crippen LogP contribution < -0.4 is 5.73 Å². The molecule has 0 bridgehead atoms. The summed E-state index contributed by atoms with van der Waals surface area (Å²) in [5, 5.41) is 0.365. The maximum atomic E-state index is 12.7. The molecule has 0 saturated carbocycles. The van der Waals surface area contributed by atoms with Crippen LogP contribution in [0.3, 0.4) is 0 Å². The largest absolute Gasteiger partial charge is 0.383 e. The molecule has 0 spiro atoms. The second-order valence-electron chi connectivity index (χ2n) is 3.75. The number of hydrogen-bond acceptors (Lipinski definition) is 4. The molecular weight excluding hydrogens is 287 g/mol. The van der Waals surface area contributed by atoms with Crippen LogP contribution in [0.4, 0.5) is 10.2 Å². The van der Waals surface area contributed by atoms with Crippen LogP contribution in [0.5, 0.6) is 0 Å². The number of anilines is 1. The summed E-state index contributed by atoms with van der Waals surface area (Å²) in [4.78, 5) is 16.6. The molecule has 98 valence electrons. The van der Waals surface area contributed by atoms with E-state index in [-0.39, 0.29) is 23.2 Å². The monoisotopic (exact) mass is 296 g/mol. The molecular formula is C13H10ClFN2OS. The van der Waals surface area contributed by atoms with Gasteiger partial charge in [0.2, 0.25) is 0 Å². The van der Waals surface area contributed by atoms with Crippen LogP contribution in [0.25, 0.3) is 0 Å². The van der Waals surface area contributed by atoms with Crippen molar-refractivity contribution in [1.82, 2.24) is 4.98 Å². The highest BCUT2D eigenvalue weighted by Crippen LogP contribution is 2.22. The number of rotatable bonds is 4. The van der Waals surface area contributed by atoms with Gasteiger partial charge < -0.3 is 5.73 Å². The summed E-state index contributed by atoms with van der Waals surface area (Å²) in [6.07, 6.45) is 1.39. The Morgan fingerprint density at radius 1 is 1.37 bits per heavy atom. The minimum atomic E-state index is -0.307. The Morgan fingerprint density at radius 2 is 2.05 bits per heavy atom. The number of nitrogen functional groups attached to an aromatic ring is 1. The summed E-state index contributed by atoms with van der Waals surface area (Å²) in [6.45, 7) is 0. The maximum absolute atomic E-state index is 12.7. The van der Waals surface area contributed by atoms with Gasteiger partial charge in [0.05, 0.1) is 16.3 Å². The van der Waals surface area contributed by atoms with E-state index in [4.69, 9.17) is 17.3 Å². The van der Waals surface area contributed by atoms with Crippen molar-refractivity contribution in [3.63, 3.8) is 0 Å². The molecule has 1 heterocycles. The number of thioether (sulfide) groups is 1. The number of aromatic nitrogens is 1. The summed E-state index contributed by atoms with van der Waals surface area (Å²) in [5.41, 5.74) is 5.94. The van der Waals surface area contributed by atoms with E-state index in [2.05, 4.69) is 4.98 Å². The minimum Gasteiger partial charge on any atom is -0.383 e. The summed E-state index contributed by atoms with van der Waals surface area (Å²) >= 11 is 7.08. The van der Waals surface area contributed by atoms with Crippen molar-refractivity contribution in [1.29, 1.82) is 0 Å². The van der Waals surface area contributed by atoms with Crippen LogP contribution in [-0.2, 0) is 0 Å². The van der Waals surface area contributed by atoms with Crippen LogP contribution in [0.1, 0.15) is 10.4 Å². The molecule has 0 radical (unpaired) electrons. The van der Waals surface area contributed by atoms with Crippen molar-refractivity contribution < 1.29 is 9.18 Å². The Kier molecular flexibility index (Phi) is 4.39. The smallest absolute Gasteiger partial charge is 0.176 e. The van der Waals surface area contributed by atoms with Crippen LogP contribution in [-0.4, -0.2) is 16.5 Å². The maximum Gasteiger partial charge on any atom is 0.176 e. The van der Waals surface area contributed by atoms with Gasteiger partial charge in [-0.2, -0.15) is 0 Å². The number of carbonyl (C=O) groups is 1. The molecule has 0 saturated heterocycles. The molecule has 0 amide bonds. The molecule has 6 heteroatoms. The lowest BCUT2D eigenvalue weighted by Gasteiger charge is -2.04. The van der Waals surface area contributed by atoms with Crippen LogP contribution >= 0.6 is 23.4 Å². The lowest BCUT2D eigenvalue weighted by molar-refractivity contribution is 0.102. The first kappa shape index (κ1) is 13.8. The van der Waals surface area contributed by atoms with Gasteiger partial charge in [0.1, 0.15) is 11.6 Å². The lowest BCUT2D eigenvalue weighted by atomic mass is 10.2. The van der Waals surface area contributed by atoms with Gasteiger partial charge in [-0.25, -0.2) is 9.37 Å². The van der Waals surface area contributed by atoms with Crippen molar-refractivity contribution in [2.24, 2.45) is 0 Å². The second kappa shape index (κ2) is 6.04. The van der Waals surface area contributed by atoms with Crippen LogP contribution in [0, 0.1) is 5.82 Å². The van der Waals surface area contributed by atoms with E-state index in [0.29, 0.717) is 10.6 Å². The van der Waals surface area contributed by atoms with Crippen molar-refractivity contribution in [3.8, 4) is 0 Å². The number of nitrogens with zero attached hydrogens (tertiary/aromatic N) is 1. The number of carbonyl (C=O) groups excluding carboxylic acids is 1. The Hall–Kier alpha value is -1.59. The third-order valence-corrected chi connectivity index (χ3v) is 3.59. The molecule has 0 aliphatic rings. The first-order chi connectivity index (χ1) is 9.06. The predicted octanol–water partition coefficient (Wildman–Crippen LogP) is 3.43. The van der Waals surface area contributed by atoms with Gasteiger partial charge >= 0.3 is 0 Å². The predicted molar refractivity (Wildman–Crippen MR) is 75.1 cm³/mol. The van der Waals surface area contributed by atoms with Crippen molar-refractivity contribution >= 4 is 35.0 Å². The number of halogens is 2. The highest BCUT2D eigenvalue weighted by molar-refractivity contribution is 8.00. The van der Waals surface area contributed by atoms with Crippen LogP contribution in [0.15, 0.2) is 41.4 Å². The van der Waals surface area contributed by atoms with Gasteiger partial charge in [-0.15, -0.1) is 11.8 Å². The highest BCUT2D eigenvalue weighted by Gasteiger charge is 2.12. The first-order valence-corrected chi connectivity index (χ1v) is 6.75. The zero-order chi connectivity index (χ0) is 13.8. The van der Waals surface area contributed by atoms with Gasteiger partial charge in [0.15, 0.2) is 5.78 Å². The Balaban J connectivity index is 2.05. The summed E-state index contributed by atoms with van der Waals surface area (Å²) in [5.74, 6) is -0.118. The fourth-order valence-electron chi connectivity index (χ4n) is 1.43. The SMILES string of the molecule is Nc1ncc(Cl)cc1C(=O)CSc1ccc(F)cc1. The zero-order valence-electron chi connectivity index (χ0n) is 9.77. The van der Waals surface area contributed by atoms with Gasteiger partial charge in [0.25, 0.3) is 0 Å². The van der Waals surface area contributed by atoms with Gasteiger partial charge in [-0.1, -0.05) is 11.6 Å². The zero-order valence-corrected chi connectivity index (χ0v) is 11.3. The fraction of sp³-hybridized carbons (Fsp3) is 0.0769. The minimum absolute atomic E-state index is 0.161. The number of ketones is 1. The molecule has 19 heavy (non-hydrogen) atoms. The second-order valence-corrected chi connectivity index (χ2v) is 5.24. The Morgan fingerprint density at radius 3 is 2.74 bits per heavy atom. The highest BCUT2D eigenvalue weighted by atomic mass is 35.5. The molecule has 0 unspecified atom stereocenters. The van der Waals surface area contributed by atoms with E-state index in [1.807, 2.05) is 0 Å². The third kappa shape index (κ3) is 3.68. The van der Waals surface area contributed by atoms with Crippen molar-refractivity contribution in [2.45, 2.75) is 4.90 Å². The first-order valence-electron chi connectivity index (χ1n) is 5.39. The van der Waals surface area contributed by atoms with Gasteiger partial charge in [-0.05, 0) is 30.3 Å². The number of benzene rings is 1. The van der Waals surface area contributed by atoms with E-state index in [1.165, 1.54) is 36.2 Å². The molecule has 0 atom stereocenters. The van der Waals surface area contributed by atoms with Crippen LogP contribution in [0.2, 0.25) is 5.02 Å². The van der Waals surface area contributed by atoms with E-state index >= 15 is 0 Å². The summed E-state index contributed by atoms with van der Waals surface area (Å²) in [7, 11) is 0. The number of pyridine rings is 1. The number of Topliss-reactive ketones (excluding diaryl/α,β-unsaturated/α-hetero) is 1. The molecule has 0 fully saturated rings. The molecule has 2 N–H and O–H groups in total. The molecule has 3 nitrogen and oxygen atoms in total. The lowest BCUT2D eigenvalue weighted by Crippen LogP contribution is -2.07. The average molecular weight is 297 g/mol. The normalized spacial score (nSPS) is 10.4. The van der Waals surface area contributed by atoms with E-state index in [9.17, 15) is 9.18 Å². The Labute approximate surface area is 119 Å². The van der Waals surface area contributed by atoms with E-state index in [1.54, 1.807) is 12.1 Å². The fourth-order valence-corrected chi connectivity index (χ4v) is 2.37. The third-order valence-electron chi connectivity index (χ3n) is 2.37. The van der Waals surface area contributed by atoms with Crippen molar-refractivity contribution in [2.75, 3.05) is 11.5 Å². The quantitative estimate of drug-likeness (QED) is 0.694. The topological polar surface area (TPSA) is 56.0 Å².